The van der Waals surface area contributed by atoms with Crippen molar-refractivity contribution in [2.24, 2.45) is 10.2 Å². The zero-order chi connectivity index (χ0) is 19.1. The number of rotatable bonds is 5. The van der Waals surface area contributed by atoms with Crippen molar-refractivity contribution in [3.63, 3.8) is 0 Å². The Bertz CT molecular complexity index is 940. The molecule has 0 aliphatic rings. The standard InChI is InChI=1S/C21H20N4OS/c1-15-8-13-20(26-2)19(14-15)23-21(27)22-16-9-11-18(12-10-16)25-24-17-6-4-3-5-7-17/h3-14H,1-2H3,(H2,22,23,27). The molecule has 0 heterocycles. The lowest BCUT2D eigenvalue weighted by Crippen LogP contribution is -2.19. The van der Waals surface area contributed by atoms with Gasteiger partial charge in [-0.1, -0.05) is 24.3 Å². The van der Waals surface area contributed by atoms with E-state index < -0.39 is 0 Å². The van der Waals surface area contributed by atoms with Crippen LogP contribution < -0.4 is 15.4 Å². The van der Waals surface area contributed by atoms with Crippen LogP contribution in [0.5, 0.6) is 5.75 Å². The maximum Gasteiger partial charge on any atom is 0.175 e. The van der Waals surface area contributed by atoms with Gasteiger partial charge < -0.3 is 15.4 Å². The second kappa shape index (κ2) is 8.91. The molecule has 0 amide bonds. The number of nitrogens with zero attached hydrogens (tertiary/aromatic N) is 2. The Hall–Kier alpha value is -3.25. The number of hydrogen-bond acceptors (Lipinski definition) is 4. The fraction of sp³-hybridized carbons (Fsp3) is 0.0952. The van der Waals surface area contributed by atoms with Gasteiger partial charge in [0.15, 0.2) is 5.11 Å². The summed E-state index contributed by atoms with van der Waals surface area (Å²) in [5, 5.41) is 15.2. The molecule has 0 saturated heterocycles. The zero-order valence-corrected chi connectivity index (χ0v) is 16.0. The van der Waals surface area contributed by atoms with Gasteiger partial charge in [-0.05, 0) is 73.2 Å². The fourth-order valence-electron chi connectivity index (χ4n) is 2.43. The van der Waals surface area contributed by atoms with Gasteiger partial charge in [-0.15, -0.1) is 0 Å². The summed E-state index contributed by atoms with van der Waals surface area (Å²) in [6, 6.07) is 23.1. The number of azo groups is 1. The molecule has 5 nitrogen and oxygen atoms in total. The van der Waals surface area contributed by atoms with E-state index in [2.05, 4.69) is 20.9 Å². The van der Waals surface area contributed by atoms with Gasteiger partial charge in [0.2, 0.25) is 0 Å². The number of anilines is 2. The van der Waals surface area contributed by atoms with Crippen LogP contribution >= 0.6 is 12.2 Å². The molecule has 0 fully saturated rings. The third kappa shape index (κ3) is 5.36. The van der Waals surface area contributed by atoms with Crippen molar-refractivity contribution in [2.45, 2.75) is 6.92 Å². The predicted molar refractivity (Wildman–Crippen MR) is 115 cm³/mol. The Kier molecular flexibility index (Phi) is 6.12. The summed E-state index contributed by atoms with van der Waals surface area (Å²) in [6.45, 7) is 2.02. The molecule has 0 aromatic heterocycles. The van der Waals surface area contributed by atoms with Gasteiger partial charge in [0.25, 0.3) is 0 Å². The van der Waals surface area contributed by atoms with Crippen LogP contribution in [0.1, 0.15) is 5.56 Å². The lowest BCUT2D eigenvalue weighted by atomic mass is 10.2. The van der Waals surface area contributed by atoms with Crippen LogP contribution in [-0.4, -0.2) is 12.2 Å². The van der Waals surface area contributed by atoms with Crippen LogP contribution in [0.25, 0.3) is 0 Å². The van der Waals surface area contributed by atoms with Crippen LogP contribution in [0.15, 0.2) is 83.0 Å². The molecule has 0 aliphatic carbocycles. The van der Waals surface area contributed by atoms with E-state index in [4.69, 9.17) is 17.0 Å². The summed E-state index contributed by atoms with van der Waals surface area (Å²) in [6.07, 6.45) is 0. The van der Waals surface area contributed by atoms with E-state index in [1.807, 2.05) is 79.7 Å². The third-order valence-electron chi connectivity index (χ3n) is 3.77. The maximum atomic E-state index is 5.40. The van der Waals surface area contributed by atoms with Crippen LogP contribution in [0.2, 0.25) is 0 Å². The van der Waals surface area contributed by atoms with E-state index in [0.717, 1.165) is 34.1 Å². The van der Waals surface area contributed by atoms with Gasteiger partial charge in [-0.3, -0.25) is 0 Å². The minimum atomic E-state index is 0.484. The first-order valence-electron chi connectivity index (χ1n) is 8.43. The first-order valence-corrected chi connectivity index (χ1v) is 8.84. The largest absolute Gasteiger partial charge is 0.495 e. The number of hydrogen-bond donors (Lipinski definition) is 2. The third-order valence-corrected chi connectivity index (χ3v) is 3.97. The summed E-state index contributed by atoms with van der Waals surface area (Å²) >= 11 is 5.40. The molecule has 3 aromatic rings. The Morgan fingerprint density at radius 1 is 0.852 bits per heavy atom. The van der Waals surface area contributed by atoms with Crippen molar-refractivity contribution in [1.29, 1.82) is 0 Å². The highest BCUT2D eigenvalue weighted by molar-refractivity contribution is 7.80. The Balaban J connectivity index is 1.62. The zero-order valence-electron chi connectivity index (χ0n) is 15.1. The monoisotopic (exact) mass is 376 g/mol. The van der Waals surface area contributed by atoms with Crippen LogP contribution in [-0.2, 0) is 0 Å². The summed E-state index contributed by atoms with van der Waals surface area (Å²) < 4.78 is 5.36. The van der Waals surface area contributed by atoms with Crippen molar-refractivity contribution in [3.05, 3.63) is 78.4 Å². The molecule has 0 aliphatic heterocycles. The highest BCUT2D eigenvalue weighted by Gasteiger charge is 2.05. The minimum absolute atomic E-state index is 0.484. The smallest absolute Gasteiger partial charge is 0.175 e. The van der Waals surface area contributed by atoms with E-state index in [-0.39, 0.29) is 0 Å². The van der Waals surface area contributed by atoms with Crippen LogP contribution in [0.4, 0.5) is 22.7 Å². The lowest BCUT2D eigenvalue weighted by Gasteiger charge is -2.14. The van der Waals surface area contributed by atoms with Gasteiger partial charge in [0, 0.05) is 5.69 Å². The molecule has 27 heavy (non-hydrogen) atoms. The SMILES string of the molecule is COc1ccc(C)cc1NC(=S)Nc1ccc(N=Nc2ccccc2)cc1. The van der Waals surface area contributed by atoms with Crippen LogP contribution in [0, 0.1) is 6.92 Å². The normalized spacial score (nSPS) is 10.6. The summed E-state index contributed by atoms with van der Waals surface area (Å²) in [5.74, 6) is 0.737. The number of aryl methyl sites for hydroxylation is 1. The predicted octanol–water partition coefficient (Wildman–Crippen LogP) is 6.23. The molecule has 0 radical (unpaired) electrons. The molecule has 0 spiro atoms. The van der Waals surface area contributed by atoms with Crippen LogP contribution in [0.3, 0.4) is 0 Å². The molecule has 3 aromatic carbocycles. The summed E-state index contributed by atoms with van der Waals surface area (Å²) in [4.78, 5) is 0. The second-order valence-corrected chi connectivity index (χ2v) is 6.27. The van der Waals surface area contributed by atoms with E-state index >= 15 is 0 Å². The van der Waals surface area contributed by atoms with Crippen molar-refractivity contribution in [1.82, 2.24) is 0 Å². The molecular formula is C21H20N4OS. The van der Waals surface area contributed by atoms with E-state index in [9.17, 15) is 0 Å². The average Bonchev–Trinajstić information content (AvgIpc) is 2.68. The van der Waals surface area contributed by atoms with Crippen molar-refractivity contribution in [3.8, 4) is 5.75 Å². The first kappa shape index (κ1) is 18.5. The van der Waals surface area contributed by atoms with Crippen molar-refractivity contribution in [2.75, 3.05) is 17.7 Å². The second-order valence-electron chi connectivity index (χ2n) is 5.87. The van der Waals surface area contributed by atoms with Crippen molar-refractivity contribution < 1.29 is 4.74 Å². The quantitative estimate of drug-likeness (QED) is 0.409. The maximum absolute atomic E-state index is 5.40. The molecule has 0 bridgehead atoms. The fourth-order valence-corrected chi connectivity index (χ4v) is 2.65. The van der Waals surface area contributed by atoms with Gasteiger partial charge in [0.1, 0.15) is 5.75 Å². The van der Waals surface area contributed by atoms with E-state index in [1.54, 1.807) is 7.11 Å². The Morgan fingerprint density at radius 2 is 1.52 bits per heavy atom. The molecule has 0 saturated carbocycles. The topological polar surface area (TPSA) is 58.0 Å². The number of thiocarbonyl (C=S) groups is 1. The van der Waals surface area contributed by atoms with Crippen molar-refractivity contribution >= 4 is 40.1 Å². The summed E-state index contributed by atoms with van der Waals surface area (Å²) in [5.41, 5.74) is 4.39. The molecule has 0 atom stereocenters. The first-order chi connectivity index (χ1) is 13.1. The number of ether oxygens (including phenoxy) is 1. The number of benzene rings is 3. The lowest BCUT2D eigenvalue weighted by molar-refractivity contribution is 0.417. The molecule has 136 valence electrons. The average molecular weight is 376 g/mol. The molecule has 6 heteroatoms. The Labute approximate surface area is 164 Å². The van der Waals surface area contributed by atoms with E-state index in [0.29, 0.717) is 5.11 Å². The Morgan fingerprint density at radius 3 is 2.19 bits per heavy atom. The van der Waals surface area contributed by atoms with Gasteiger partial charge in [-0.25, -0.2) is 0 Å². The molecule has 2 N–H and O–H groups in total. The van der Waals surface area contributed by atoms with Gasteiger partial charge in [0.05, 0.1) is 24.2 Å². The molecule has 3 rings (SSSR count). The highest BCUT2D eigenvalue weighted by atomic mass is 32.1. The van der Waals surface area contributed by atoms with E-state index in [1.165, 1.54) is 0 Å². The summed E-state index contributed by atoms with van der Waals surface area (Å²) in [7, 11) is 1.63. The number of methoxy groups -OCH3 is 1. The molecular weight excluding hydrogens is 356 g/mol. The highest BCUT2D eigenvalue weighted by Crippen LogP contribution is 2.26. The van der Waals surface area contributed by atoms with Gasteiger partial charge >= 0.3 is 0 Å². The molecule has 0 unspecified atom stereocenters. The van der Waals surface area contributed by atoms with Gasteiger partial charge in [-0.2, -0.15) is 10.2 Å². The minimum Gasteiger partial charge on any atom is -0.495 e. The number of nitrogens with one attached hydrogen (secondary N) is 2.